The molecular formula is C9H19LiN2. The minimum atomic E-state index is 0. The summed E-state index contributed by atoms with van der Waals surface area (Å²) in [6.07, 6.45) is 7.96. The zero-order chi connectivity index (χ0) is 7.94. The Kier molecular flexibility index (Phi) is 8.48. The van der Waals surface area contributed by atoms with E-state index < -0.39 is 0 Å². The number of rotatable bonds is 4. The summed E-state index contributed by atoms with van der Waals surface area (Å²) in [5, 5.41) is 3.50. The van der Waals surface area contributed by atoms with Crippen molar-refractivity contribution in [2.75, 3.05) is 13.1 Å². The van der Waals surface area contributed by atoms with Crippen LogP contribution in [0.4, 0.5) is 0 Å². The van der Waals surface area contributed by atoms with Gasteiger partial charge in [-0.25, -0.2) is 0 Å². The molecule has 0 aromatic carbocycles. The largest absolute Gasteiger partial charge is 1.00 e. The van der Waals surface area contributed by atoms with Crippen molar-refractivity contribution in [3.63, 3.8) is 0 Å². The topological polar surface area (TPSA) is 35.8 Å². The van der Waals surface area contributed by atoms with Crippen LogP contribution in [0.2, 0.25) is 0 Å². The average Bonchev–Trinajstić information content (AvgIpc) is 2.07. The van der Waals surface area contributed by atoms with Gasteiger partial charge >= 0.3 is 18.9 Å². The summed E-state index contributed by atoms with van der Waals surface area (Å²) in [6.45, 7) is 1.62. The second-order valence-corrected chi connectivity index (χ2v) is 3.39. The summed E-state index contributed by atoms with van der Waals surface area (Å²) in [4.78, 5) is 0. The Balaban J connectivity index is 0.00000121. The van der Waals surface area contributed by atoms with Crippen LogP contribution in [0.25, 0.3) is 5.73 Å². The summed E-state index contributed by atoms with van der Waals surface area (Å²) in [5.41, 5.74) is 6.98. The Morgan fingerprint density at radius 2 is 1.83 bits per heavy atom. The molecule has 3 heteroatoms. The van der Waals surface area contributed by atoms with Crippen LogP contribution in [0.3, 0.4) is 0 Å². The maximum Gasteiger partial charge on any atom is 1.00 e. The molecule has 0 bridgehead atoms. The van der Waals surface area contributed by atoms with Crippen molar-refractivity contribution < 1.29 is 18.9 Å². The molecule has 66 valence electrons. The van der Waals surface area contributed by atoms with E-state index in [1.165, 1.54) is 32.1 Å². The normalized spacial score (nSPS) is 18.8. The van der Waals surface area contributed by atoms with Crippen LogP contribution in [-0.2, 0) is 0 Å². The van der Waals surface area contributed by atoms with Gasteiger partial charge in [0.05, 0.1) is 0 Å². The molecule has 1 saturated carbocycles. The SMILES string of the molecule is [Li+].[NH-]CCCNC1CCCCC1. The first-order valence-electron chi connectivity index (χ1n) is 4.81. The fraction of sp³-hybridized carbons (Fsp3) is 1.00. The Morgan fingerprint density at radius 1 is 1.17 bits per heavy atom. The fourth-order valence-electron chi connectivity index (χ4n) is 1.70. The molecule has 0 atom stereocenters. The Bertz CT molecular complexity index is 92.5. The van der Waals surface area contributed by atoms with Crippen LogP contribution in [0.5, 0.6) is 0 Å². The van der Waals surface area contributed by atoms with Crippen molar-refractivity contribution in [1.82, 2.24) is 5.32 Å². The monoisotopic (exact) mass is 162 g/mol. The van der Waals surface area contributed by atoms with E-state index >= 15 is 0 Å². The quantitative estimate of drug-likeness (QED) is 0.433. The van der Waals surface area contributed by atoms with Crippen LogP contribution < -0.4 is 24.2 Å². The number of nitrogens with one attached hydrogen (secondary N) is 2. The van der Waals surface area contributed by atoms with Gasteiger partial charge in [0.2, 0.25) is 0 Å². The average molecular weight is 162 g/mol. The molecule has 0 radical (unpaired) electrons. The van der Waals surface area contributed by atoms with Crippen LogP contribution in [-0.4, -0.2) is 19.1 Å². The van der Waals surface area contributed by atoms with Gasteiger partial charge in [-0.15, -0.1) is 6.54 Å². The number of hydrogen-bond acceptors (Lipinski definition) is 1. The molecule has 1 aliphatic carbocycles. The molecule has 1 fully saturated rings. The van der Waals surface area contributed by atoms with Gasteiger partial charge in [-0.3, -0.25) is 0 Å². The molecule has 0 unspecified atom stereocenters. The second-order valence-electron chi connectivity index (χ2n) is 3.39. The molecule has 0 heterocycles. The van der Waals surface area contributed by atoms with Gasteiger partial charge in [0.15, 0.2) is 0 Å². The van der Waals surface area contributed by atoms with Crippen LogP contribution in [0, 0.1) is 0 Å². The van der Waals surface area contributed by atoms with Crippen LogP contribution >= 0.6 is 0 Å². The smallest absolute Gasteiger partial charge is 0.677 e. The van der Waals surface area contributed by atoms with E-state index in [1.54, 1.807) is 0 Å². The van der Waals surface area contributed by atoms with E-state index in [4.69, 9.17) is 5.73 Å². The van der Waals surface area contributed by atoms with Crippen molar-refractivity contribution in [2.45, 2.75) is 44.6 Å². The molecule has 0 spiro atoms. The van der Waals surface area contributed by atoms with E-state index in [0.717, 1.165) is 19.0 Å². The molecule has 2 nitrogen and oxygen atoms in total. The van der Waals surface area contributed by atoms with Gasteiger partial charge in [-0.2, -0.15) is 0 Å². The predicted octanol–water partition coefficient (Wildman–Crippen LogP) is -0.645. The van der Waals surface area contributed by atoms with Crippen molar-refractivity contribution in [1.29, 1.82) is 0 Å². The Morgan fingerprint density at radius 3 is 2.42 bits per heavy atom. The Labute approximate surface area is 87.8 Å². The Hall–Kier alpha value is 0.517. The van der Waals surface area contributed by atoms with E-state index in [-0.39, 0.29) is 18.9 Å². The minimum Gasteiger partial charge on any atom is -0.677 e. The van der Waals surface area contributed by atoms with Gasteiger partial charge in [0.25, 0.3) is 0 Å². The van der Waals surface area contributed by atoms with E-state index in [2.05, 4.69) is 5.32 Å². The molecule has 12 heavy (non-hydrogen) atoms. The summed E-state index contributed by atoms with van der Waals surface area (Å²) in [6, 6.07) is 0.773. The van der Waals surface area contributed by atoms with Gasteiger partial charge < -0.3 is 11.1 Å². The van der Waals surface area contributed by atoms with E-state index in [0.29, 0.717) is 6.54 Å². The summed E-state index contributed by atoms with van der Waals surface area (Å²) in [7, 11) is 0. The van der Waals surface area contributed by atoms with Crippen LogP contribution in [0.1, 0.15) is 38.5 Å². The van der Waals surface area contributed by atoms with Gasteiger partial charge in [0, 0.05) is 6.04 Å². The van der Waals surface area contributed by atoms with Crippen molar-refractivity contribution >= 4 is 0 Å². The maximum absolute atomic E-state index is 6.98. The summed E-state index contributed by atoms with van der Waals surface area (Å²) < 4.78 is 0. The number of hydrogen-bond donors (Lipinski definition) is 1. The summed E-state index contributed by atoms with van der Waals surface area (Å²) in [5.74, 6) is 0. The second kappa shape index (κ2) is 8.13. The van der Waals surface area contributed by atoms with Crippen molar-refractivity contribution in [3.05, 3.63) is 5.73 Å². The first-order valence-corrected chi connectivity index (χ1v) is 4.81. The molecule has 0 aromatic rings. The van der Waals surface area contributed by atoms with Crippen molar-refractivity contribution in [2.24, 2.45) is 0 Å². The third-order valence-electron chi connectivity index (χ3n) is 2.39. The maximum atomic E-state index is 6.98. The molecule has 1 aliphatic rings. The first kappa shape index (κ1) is 12.5. The van der Waals surface area contributed by atoms with E-state index in [1.807, 2.05) is 0 Å². The zero-order valence-electron chi connectivity index (χ0n) is 8.23. The van der Waals surface area contributed by atoms with Gasteiger partial charge in [-0.05, 0) is 19.4 Å². The first-order chi connectivity index (χ1) is 5.43. The molecular weight excluding hydrogens is 143 g/mol. The standard InChI is InChI=1S/C9H19N2.Li/c10-7-4-8-11-9-5-2-1-3-6-9;/h9-11H,1-8H2;/q-1;+1. The summed E-state index contributed by atoms with van der Waals surface area (Å²) >= 11 is 0. The van der Waals surface area contributed by atoms with Crippen molar-refractivity contribution in [3.8, 4) is 0 Å². The predicted molar refractivity (Wildman–Crippen MR) is 48.7 cm³/mol. The van der Waals surface area contributed by atoms with Gasteiger partial charge in [0.1, 0.15) is 0 Å². The van der Waals surface area contributed by atoms with Crippen LogP contribution in [0.15, 0.2) is 0 Å². The molecule has 0 amide bonds. The molecule has 1 rings (SSSR count). The molecule has 2 N–H and O–H groups in total. The fourth-order valence-corrected chi connectivity index (χ4v) is 1.70. The zero-order valence-corrected chi connectivity index (χ0v) is 8.23. The third-order valence-corrected chi connectivity index (χ3v) is 2.39. The van der Waals surface area contributed by atoms with E-state index in [9.17, 15) is 0 Å². The third kappa shape index (κ3) is 5.21. The molecule has 0 saturated heterocycles. The molecule has 0 aliphatic heterocycles. The molecule has 0 aromatic heterocycles. The minimum absolute atomic E-state index is 0. The van der Waals surface area contributed by atoms with Gasteiger partial charge in [-0.1, -0.05) is 25.7 Å².